The van der Waals surface area contributed by atoms with Gasteiger partial charge in [0.25, 0.3) is 0 Å². The molecule has 0 saturated carbocycles. The summed E-state index contributed by atoms with van der Waals surface area (Å²) in [4.78, 5) is 6.70. The van der Waals surface area contributed by atoms with Crippen molar-refractivity contribution in [1.82, 2.24) is 4.90 Å². The molecule has 2 aliphatic heterocycles. The van der Waals surface area contributed by atoms with Crippen molar-refractivity contribution >= 4 is 5.97 Å². The number of rotatable bonds is 2. The van der Waals surface area contributed by atoms with Crippen molar-refractivity contribution in [3.63, 3.8) is 0 Å². The third-order valence-corrected chi connectivity index (χ3v) is 2.82. The third-order valence-electron chi connectivity index (χ3n) is 2.82. The number of halogens is 1. The minimum Gasteiger partial charge on any atom is -0.397 e. The van der Waals surface area contributed by atoms with E-state index in [-0.39, 0.29) is 11.9 Å². The molecular formula is C8H13FN2O. The van der Waals surface area contributed by atoms with Crippen LogP contribution in [-0.2, 0) is 4.84 Å². The van der Waals surface area contributed by atoms with Crippen molar-refractivity contribution in [1.29, 1.82) is 0 Å². The van der Waals surface area contributed by atoms with Gasteiger partial charge in [0.15, 0.2) is 0 Å². The summed E-state index contributed by atoms with van der Waals surface area (Å²) in [6.07, 6.45) is 1.11. The van der Waals surface area contributed by atoms with Crippen molar-refractivity contribution in [3.8, 4) is 0 Å². The summed E-state index contributed by atoms with van der Waals surface area (Å²) in [5, 5.41) is 3.35. The first-order valence-electron chi connectivity index (χ1n) is 4.30. The molecule has 2 rings (SSSR count). The molecule has 2 fully saturated rings. The molecule has 4 heteroatoms. The number of hydrogen-bond acceptors (Lipinski definition) is 3. The van der Waals surface area contributed by atoms with Gasteiger partial charge >= 0.3 is 0 Å². The van der Waals surface area contributed by atoms with E-state index in [1.54, 1.807) is 0 Å². The van der Waals surface area contributed by atoms with Gasteiger partial charge in [-0.2, -0.15) is 4.39 Å². The summed E-state index contributed by atoms with van der Waals surface area (Å²) >= 11 is 0. The zero-order chi connectivity index (χ0) is 8.55. The highest BCUT2D eigenvalue weighted by molar-refractivity contribution is 5.78. The van der Waals surface area contributed by atoms with E-state index >= 15 is 0 Å². The molecule has 2 saturated heterocycles. The SMILES string of the molecule is CON=C(F)C1CN2CCC1C2. The lowest BCUT2D eigenvalue weighted by Gasteiger charge is -2.18. The molecule has 0 aromatic rings. The number of fused-ring (bicyclic) bond motifs is 2. The van der Waals surface area contributed by atoms with E-state index in [0.717, 1.165) is 26.1 Å². The normalized spacial score (nSPS) is 40.5. The van der Waals surface area contributed by atoms with Crippen molar-refractivity contribution in [2.45, 2.75) is 6.42 Å². The zero-order valence-electron chi connectivity index (χ0n) is 7.16. The van der Waals surface area contributed by atoms with Gasteiger partial charge < -0.3 is 9.74 Å². The van der Waals surface area contributed by atoms with Crippen molar-refractivity contribution in [3.05, 3.63) is 0 Å². The summed E-state index contributed by atoms with van der Waals surface area (Å²) in [5.41, 5.74) is 0. The molecule has 3 atom stereocenters. The molecule has 0 amide bonds. The van der Waals surface area contributed by atoms with Gasteiger partial charge in [0.2, 0.25) is 5.97 Å². The first-order chi connectivity index (χ1) is 5.81. The summed E-state index contributed by atoms with van der Waals surface area (Å²) in [7, 11) is 1.38. The molecule has 0 radical (unpaired) electrons. The highest BCUT2D eigenvalue weighted by Crippen LogP contribution is 2.33. The smallest absolute Gasteiger partial charge is 0.231 e. The van der Waals surface area contributed by atoms with Gasteiger partial charge in [-0.25, -0.2) is 0 Å². The Balaban J connectivity index is 2.02. The monoisotopic (exact) mass is 172 g/mol. The second-order valence-corrected chi connectivity index (χ2v) is 3.51. The molecule has 68 valence electrons. The first-order valence-corrected chi connectivity index (χ1v) is 4.30. The fourth-order valence-electron chi connectivity index (χ4n) is 2.21. The van der Waals surface area contributed by atoms with Gasteiger partial charge in [0.05, 0.1) is 0 Å². The Morgan fingerprint density at radius 2 is 2.42 bits per heavy atom. The Labute approximate surface area is 71.2 Å². The number of hydrogen-bond donors (Lipinski definition) is 0. The predicted octanol–water partition coefficient (Wildman–Crippen LogP) is 0.868. The molecule has 2 bridgehead atoms. The van der Waals surface area contributed by atoms with Gasteiger partial charge in [-0.3, -0.25) is 0 Å². The molecule has 3 unspecified atom stereocenters. The van der Waals surface area contributed by atoms with Crippen LogP contribution in [0.2, 0.25) is 0 Å². The Morgan fingerprint density at radius 3 is 2.92 bits per heavy atom. The van der Waals surface area contributed by atoms with E-state index in [4.69, 9.17) is 0 Å². The molecule has 0 aromatic carbocycles. The highest BCUT2D eigenvalue weighted by atomic mass is 19.1. The highest BCUT2D eigenvalue weighted by Gasteiger charge is 2.41. The van der Waals surface area contributed by atoms with Gasteiger partial charge in [0.1, 0.15) is 7.11 Å². The van der Waals surface area contributed by atoms with E-state index in [9.17, 15) is 4.39 Å². The third kappa shape index (κ3) is 1.20. The van der Waals surface area contributed by atoms with Gasteiger partial charge in [0, 0.05) is 19.0 Å². The Bertz CT molecular complexity index is 207. The van der Waals surface area contributed by atoms with Crippen LogP contribution in [0.5, 0.6) is 0 Å². The molecule has 2 heterocycles. The second kappa shape index (κ2) is 3.01. The molecular weight excluding hydrogens is 159 g/mol. The van der Waals surface area contributed by atoms with Gasteiger partial charge in [-0.1, -0.05) is 5.16 Å². The molecule has 12 heavy (non-hydrogen) atoms. The maximum absolute atomic E-state index is 13.2. The quantitative estimate of drug-likeness (QED) is 0.456. The van der Waals surface area contributed by atoms with Crippen LogP contribution >= 0.6 is 0 Å². The van der Waals surface area contributed by atoms with Crippen LogP contribution in [0.15, 0.2) is 5.16 Å². The van der Waals surface area contributed by atoms with Crippen LogP contribution in [0, 0.1) is 11.8 Å². The molecule has 2 aliphatic rings. The van der Waals surface area contributed by atoms with Crippen LogP contribution in [0.25, 0.3) is 0 Å². The van der Waals surface area contributed by atoms with E-state index in [1.807, 2.05) is 0 Å². The molecule has 0 aliphatic carbocycles. The lowest BCUT2D eigenvalue weighted by atomic mass is 9.93. The lowest BCUT2D eigenvalue weighted by Crippen LogP contribution is -2.27. The lowest BCUT2D eigenvalue weighted by molar-refractivity contribution is 0.202. The van der Waals surface area contributed by atoms with Crippen LogP contribution in [0.3, 0.4) is 0 Å². The summed E-state index contributed by atoms with van der Waals surface area (Å²) in [5.74, 6) is 0.146. The van der Waals surface area contributed by atoms with Crippen molar-refractivity contribution < 1.29 is 9.23 Å². The average molecular weight is 172 g/mol. The van der Waals surface area contributed by atoms with E-state index in [2.05, 4.69) is 14.9 Å². The topological polar surface area (TPSA) is 24.8 Å². The summed E-state index contributed by atoms with van der Waals surface area (Å²) < 4.78 is 13.2. The minimum atomic E-state index is -0.329. The van der Waals surface area contributed by atoms with E-state index in [1.165, 1.54) is 7.11 Å². The fourth-order valence-corrected chi connectivity index (χ4v) is 2.21. The summed E-state index contributed by atoms with van der Waals surface area (Å²) in [6, 6.07) is 0. The summed E-state index contributed by atoms with van der Waals surface area (Å²) in [6.45, 7) is 2.99. The fraction of sp³-hybridized carbons (Fsp3) is 0.875. The maximum atomic E-state index is 13.2. The van der Waals surface area contributed by atoms with Crippen LogP contribution in [-0.4, -0.2) is 37.6 Å². The molecule has 0 aromatic heterocycles. The largest absolute Gasteiger partial charge is 0.397 e. The number of nitrogens with zero attached hydrogens (tertiary/aromatic N) is 2. The Morgan fingerprint density at radius 1 is 1.58 bits per heavy atom. The van der Waals surface area contributed by atoms with E-state index in [0.29, 0.717) is 5.92 Å². The van der Waals surface area contributed by atoms with Crippen LogP contribution < -0.4 is 0 Å². The standard InChI is InChI=1S/C8H13FN2O/c1-12-10-8(9)7-5-11-3-2-6(7)4-11/h6-7H,2-5H2,1H3. The molecule has 0 spiro atoms. The minimum absolute atomic E-state index is 0.00120. The maximum Gasteiger partial charge on any atom is 0.231 e. The predicted molar refractivity (Wildman–Crippen MR) is 43.6 cm³/mol. The number of piperidine rings is 1. The van der Waals surface area contributed by atoms with Crippen LogP contribution in [0.4, 0.5) is 4.39 Å². The number of oxime groups is 1. The Hall–Kier alpha value is -0.640. The zero-order valence-corrected chi connectivity index (χ0v) is 7.16. The first kappa shape index (κ1) is 7.98. The van der Waals surface area contributed by atoms with Crippen molar-refractivity contribution in [2.24, 2.45) is 17.0 Å². The van der Waals surface area contributed by atoms with Gasteiger partial charge in [-0.15, -0.1) is 0 Å². The van der Waals surface area contributed by atoms with Gasteiger partial charge in [-0.05, 0) is 18.9 Å². The average Bonchev–Trinajstić information content (AvgIpc) is 2.64. The molecule has 0 N–H and O–H groups in total. The Kier molecular flexibility index (Phi) is 2.00. The second-order valence-electron chi connectivity index (χ2n) is 3.51. The molecule has 3 nitrogen and oxygen atoms in total. The van der Waals surface area contributed by atoms with Crippen LogP contribution in [0.1, 0.15) is 6.42 Å². The van der Waals surface area contributed by atoms with E-state index < -0.39 is 0 Å². The van der Waals surface area contributed by atoms with Crippen molar-refractivity contribution in [2.75, 3.05) is 26.7 Å².